The maximum absolute atomic E-state index is 4.57. The van der Waals surface area contributed by atoms with Gasteiger partial charge >= 0.3 is 0 Å². The number of unbranched alkanes of at least 4 members (excludes halogenated alkanes) is 8. The molecule has 0 radical (unpaired) electrons. The number of hydrogen-bond acceptors (Lipinski definition) is 2. The van der Waals surface area contributed by atoms with Gasteiger partial charge in [0.25, 0.3) is 0 Å². The van der Waals surface area contributed by atoms with Crippen LogP contribution in [0.3, 0.4) is 0 Å². The lowest BCUT2D eigenvalue weighted by molar-refractivity contribution is 0.607. The van der Waals surface area contributed by atoms with Crippen molar-refractivity contribution in [3.63, 3.8) is 0 Å². The normalized spacial score (nSPS) is 11.0. The highest BCUT2D eigenvalue weighted by Crippen LogP contribution is 2.17. The van der Waals surface area contributed by atoms with Crippen LogP contribution >= 0.6 is 0 Å². The van der Waals surface area contributed by atoms with Gasteiger partial charge < -0.3 is 0 Å². The minimum atomic E-state index is 0.841. The van der Waals surface area contributed by atoms with Gasteiger partial charge in [-0.3, -0.25) is 0 Å². The molecular weight excluding hydrogens is 316 g/mol. The number of aryl methyl sites for hydroxylation is 2. The highest BCUT2D eigenvalue weighted by molar-refractivity contribution is 5.55. The van der Waals surface area contributed by atoms with E-state index >= 15 is 0 Å². The topological polar surface area (TPSA) is 25.8 Å². The summed E-state index contributed by atoms with van der Waals surface area (Å²) in [6.45, 7) is 4.52. The Balaban J connectivity index is 1.76. The van der Waals surface area contributed by atoms with Gasteiger partial charge in [0, 0.05) is 18.0 Å². The first kappa shape index (κ1) is 20.6. The highest BCUT2D eigenvalue weighted by atomic mass is 14.9. The molecule has 0 aliphatic carbocycles. The number of nitrogens with zero attached hydrogens (tertiary/aromatic N) is 2. The fraction of sp³-hybridized carbons (Fsp3) is 0.583. The molecule has 0 saturated heterocycles. The molecule has 0 aliphatic rings. The van der Waals surface area contributed by atoms with Crippen molar-refractivity contribution >= 4 is 0 Å². The summed E-state index contributed by atoms with van der Waals surface area (Å²) in [5, 5.41) is 0. The fourth-order valence-corrected chi connectivity index (χ4v) is 3.32. The first-order valence-corrected chi connectivity index (χ1v) is 10.7. The van der Waals surface area contributed by atoms with Crippen LogP contribution in [0.25, 0.3) is 11.4 Å². The third-order valence-electron chi connectivity index (χ3n) is 5.06. The molecule has 0 N–H and O–H groups in total. The SMILES string of the molecule is CCCCCCCCc1ccc(-c2ncc(CCCCCC)cn2)cc1. The molecule has 142 valence electrons. The third-order valence-corrected chi connectivity index (χ3v) is 5.06. The fourth-order valence-electron chi connectivity index (χ4n) is 3.32. The van der Waals surface area contributed by atoms with Crippen LogP contribution in [-0.4, -0.2) is 9.97 Å². The lowest BCUT2D eigenvalue weighted by Gasteiger charge is -2.05. The molecule has 1 aromatic heterocycles. The average Bonchev–Trinajstić information content (AvgIpc) is 2.69. The van der Waals surface area contributed by atoms with Crippen molar-refractivity contribution in [3.8, 4) is 11.4 Å². The van der Waals surface area contributed by atoms with E-state index in [0.717, 1.165) is 17.8 Å². The lowest BCUT2D eigenvalue weighted by atomic mass is 10.0. The quantitative estimate of drug-likeness (QED) is 0.357. The minimum absolute atomic E-state index is 0.841. The zero-order chi connectivity index (χ0) is 18.5. The van der Waals surface area contributed by atoms with Crippen LogP contribution in [0.15, 0.2) is 36.7 Å². The van der Waals surface area contributed by atoms with E-state index in [0.29, 0.717) is 0 Å². The summed E-state index contributed by atoms with van der Waals surface area (Å²) in [7, 11) is 0. The lowest BCUT2D eigenvalue weighted by Crippen LogP contribution is -1.94. The van der Waals surface area contributed by atoms with Gasteiger partial charge in [0.15, 0.2) is 5.82 Å². The summed E-state index contributed by atoms with van der Waals surface area (Å²) in [5.41, 5.74) is 3.80. The molecule has 1 heterocycles. The Kier molecular flexibility index (Phi) is 10.0. The first-order chi connectivity index (χ1) is 12.8. The van der Waals surface area contributed by atoms with Crippen molar-refractivity contribution in [1.82, 2.24) is 9.97 Å². The zero-order valence-electron chi connectivity index (χ0n) is 16.8. The van der Waals surface area contributed by atoms with Gasteiger partial charge in [-0.05, 0) is 36.8 Å². The van der Waals surface area contributed by atoms with Gasteiger partial charge in [0.05, 0.1) is 0 Å². The third kappa shape index (κ3) is 7.68. The van der Waals surface area contributed by atoms with Crippen molar-refractivity contribution in [3.05, 3.63) is 47.8 Å². The van der Waals surface area contributed by atoms with Crippen molar-refractivity contribution in [1.29, 1.82) is 0 Å². The van der Waals surface area contributed by atoms with Crippen molar-refractivity contribution in [2.75, 3.05) is 0 Å². The van der Waals surface area contributed by atoms with Crippen LogP contribution in [0.1, 0.15) is 89.2 Å². The smallest absolute Gasteiger partial charge is 0.159 e. The molecule has 2 nitrogen and oxygen atoms in total. The average molecular weight is 353 g/mol. The summed E-state index contributed by atoms with van der Waals surface area (Å²) >= 11 is 0. The van der Waals surface area contributed by atoms with Crippen LogP contribution in [0.4, 0.5) is 0 Å². The molecule has 2 heteroatoms. The maximum Gasteiger partial charge on any atom is 0.159 e. The standard InChI is InChI=1S/C24H36N2/c1-3-5-7-9-10-12-13-21-15-17-23(18-16-21)24-25-19-22(20-26-24)14-11-8-6-4-2/h15-20H,3-14H2,1-2H3. The molecule has 2 rings (SSSR count). The second-order valence-electron chi connectivity index (χ2n) is 7.44. The second kappa shape index (κ2) is 12.6. The molecule has 0 spiro atoms. The Hall–Kier alpha value is -1.70. The van der Waals surface area contributed by atoms with E-state index in [1.54, 1.807) is 0 Å². The van der Waals surface area contributed by atoms with Crippen LogP contribution < -0.4 is 0 Å². The molecule has 0 amide bonds. The Bertz CT molecular complexity index is 587. The van der Waals surface area contributed by atoms with Gasteiger partial charge in [-0.1, -0.05) is 89.5 Å². The van der Waals surface area contributed by atoms with Crippen LogP contribution in [0, 0.1) is 0 Å². The Morgan fingerprint density at radius 2 is 1.08 bits per heavy atom. The monoisotopic (exact) mass is 352 g/mol. The van der Waals surface area contributed by atoms with Crippen LogP contribution in [-0.2, 0) is 12.8 Å². The van der Waals surface area contributed by atoms with Gasteiger partial charge in [-0.15, -0.1) is 0 Å². The van der Waals surface area contributed by atoms with Crippen LogP contribution in [0.5, 0.6) is 0 Å². The number of aromatic nitrogens is 2. The van der Waals surface area contributed by atoms with Crippen molar-refractivity contribution in [2.24, 2.45) is 0 Å². The van der Waals surface area contributed by atoms with Gasteiger partial charge in [0.1, 0.15) is 0 Å². The Morgan fingerprint density at radius 1 is 0.577 bits per heavy atom. The molecule has 0 atom stereocenters. The first-order valence-electron chi connectivity index (χ1n) is 10.7. The Morgan fingerprint density at radius 3 is 1.69 bits per heavy atom. The zero-order valence-corrected chi connectivity index (χ0v) is 16.8. The summed E-state index contributed by atoms with van der Waals surface area (Å²) < 4.78 is 0. The highest BCUT2D eigenvalue weighted by Gasteiger charge is 2.02. The summed E-state index contributed by atoms with van der Waals surface area (Å²) in [6.07, 6.45) is 19.5. The van der Waals surface area contributed by atoms with Crippen molar-refractivity contribution < 1.29 is 0 Å². The molecule has 0 bridgehead atoms. The van der Waals surface area contributed by atoms with Gasteiger partial charge in [-0.2, -0.15) is 0 Å². The number of rotatable bonds is 13. The molecule has 26 heavy (non-hydrogen) atoms. The molecule has 0 aliphatic heterocycles. The largest absolute Gasteiger partial charge is 0.236 e. The van der Waals surface area contributed by atoms with E-state index in [-0.39, 0.29) is 0 Å². The Labute approximate surface area is 160 Å². The summed E-state index contributed by atoms with van der Waals surface area (Å²) in [6, 6.07) is 8.82. The van der Waals surface area contributed by atoms with Crippen LogP contribution in [0.2, 0.25) is 0 Å². The summed E-state index contributed by atoms with van der Waals surface area (Å²) in [4.78, 5) is 9.14. The van der Waals surface area contributed by atoms with Gasteiger partial charge in [0.2, 0.25) is 0 Å². The van der Waals surface area contributed by atoms with Gasteiger partial charge in [-0.25, -0.2) is 9.97 Å². The van der Waals surface area contributed by atoms with E-state index in [1.807, 2.05) is 12.4 Å². The number of benzene rings is 1. The molecule has 2 aromatic rings. The van der Waals surface area contributed by atoms with E-state index in [9.17, 15) is 0 Å². The second-order valence-corrected chi connectivity index (χ2v) is 7.44. The van der Waals surface area contributed by atoms with E-state index in [1.165, 1.54) is 81.8 Å². The van der Waals surface area contributed by atoms with E-state index in [2.05, 4.69) is 48.1 Å². The molecule has 1 aromatic carbocycles. The van der Waals surface area contributed by atoms with E-state index in [4.69, 9.17) is 0 Å². The maximum atomic E-state index is 4.57. The molecular formula is C24H36N2. The predicted molar refractivity (Wildman–Crippen MR) is 112 cm³/mol. The summed E-state index contributed by atoms with van der Waals surface area (Å²) in [5.74, 6) is 0.841. The molecule has 0 unspecified atom stereocenters. The van der Waals surface area contributed by atoms with Crippen molar-refractivity contribution in [2.45, 2.75) is 90.9 Å². The number of hydrogen-bond donors (Lipinski definition) is 0. The minimum Gasteiger partial charge on any atom is -0.236 e. The molecule has 0 saturated carbocycles. The predicted octanol–water partition coefficient (Wildman–Crippen LogP) is 7.17. The van der Waals surface area contributed by atoms with E-state index < -0.39 is 0 Å². The molecule has 0 fully saturated rings.